The summed E-state index contributed by atoms with van der Waals surface area (Å²) in [6.07, 6.45) is 0. The average Bonchev–Trinajstić information content (AvgIpc) is 3.87. The van der Waals surface area contributed by atoms with E-state index < -0.39 is 0 Å². The molecule has 0 saturated carbocycles. The van der Waals surface area contributed by atoms with Crippen molar-refractivity contribution in [1.29, 1.82) is 0 Å². The largest absolute Gasteiger partial charge is 0.309 e. The highest BCUT2D eigenvalue weighted by molar-refractivity contribution is 6.29. The molecular weight excluding hydrogens is 643 g/mol. The van der Waals surface area contributed by atoms with E-state index in [9.17, 15) is 0 Å². The van der Waals surface area contributed by atoms with Crippen molar-refractivity contribution in [3.63, 3.8) is 0 Å². The maximum absolute atomic E-state index is 2.45. The van der Waals surface area contributed by atoms with Crippen LogP contribution in [-0.4, -0.2) is 13.7 Å². The van der Waals surface area contributed by atoms with Gasteiger partial charge in [0.1, 0.15) is 0 Å². The minimum atomic E-state index is 1.14. The lowest BCUT2D eigenvalue weighted by molar-refractivity contribution is 1.13. The second kappa shape index (κ2) is 10.7. The standard InChI is InChI=1S/C50H31N3/c1-2-13-32(14-3-1)53-46-23-10-6-19-39(46)42-27-25-36-35-29-30-48-49(40(35)26-28-41(36)50(42)53)43-20-7-11-24-47(43)52(48)34-16-12-15-33(31-34)51-44-21-8-4-17-37(44)38-18-5-9-22-45(38)51/h1-31H. The van der Waals surface area contributed by atoms with Gasteiger partial charge in [0.15, 0.2) is 0 Å². The van der Waals surface area contributed by atoms with Crippen molar-refractivity contribution in [2.45, 2.75) is 0 Å². The van der Waals surface area contributed by atoms with E-state index >= 15 is 0 Å². The van der Waals surface area contributed by atoms with Gasteiger partial charge in [0, 0.05) is 54.8 Å². The second-order valence-electron chi connectivity index (χ2n) is 14.1. The second-order valence-corrected chi connectivity index (χ2v) is 14.1. The first-order chi connectivity index (χ1) is 26.3. The molecule has 3 aromatic heterocycles. The molecule has 0 saturated heterocycles. The van der Waals surface area contributed by atoms with Crippen molar-refractivity contribution < 1.29 is 0 Å². The van der Waals surface area contributed by atoms with Crippen LogP contribution in [0, 0.1) is 0 Å². The number of hydrogen-bond donors (Lipinski definition) is 0. The molecule has 0 unspecified atom stereocenters. The van der Waals surface area contributed by atoms with Crippen molar-refractivity contribution in [3.8, 4) is 17.1 Å². The van der Waals surface area contributed by atoms with Gasteiger partial charge in [-0.1, -0.05) is 127 Å². The van der Waals surface area contributed by atoms with Crippen LogP contribution in [-0.2, 0) is 0 Å². The molecule has 53 heavy (non-hydrogen) atoms. The van der Waals surface area contributed by atoms with Crippen LogP contribution in [0.2, 0.25) is 0 Å². The fourth-order valence-electron chi connectivity index (χ4n) is 9.24. The number of benzene rings is 9. The fraction of sp³-hybridized carbons (Fsp3) is 0. The van der Waals surface area contributed by atoms with E-state index in [-0.39, 0.29) is 0 Å². The Morgan fingerprint density at radius 1 is 0.226 bits per heavy atom. The number of para-hydroxylation sites is 5. The fourth-order valence-corrected chi connectivity index (χ4v) is 9.24. The molecule has 246 valence electrons. The highest BCUT2D eigenvalue weighted by atomic mass is 15.0. The zero-order valence-electron chi connectivity index (χ0n) is 28.7. The lowest BCUT2D eigenvalue weighted by atomic mass is 9.96. The van der Waals surface area contributed by atoms with Crippen LogP contribution < -0.4 is 0 Å². The number of hydrogen-bond acceptors (Lipinski definition) is 0. The molecule has 9 aromatic carbocycles. The molecule has 12 rings (SSSR count). The van der Waals surface area contributed by atoms with Gasteiger partial charge in [0.2, 0.25) is 0 Å². The molecule has 3 heterocycles. The van der Waals surface area contributed by atoms with E-state index in [4.69, 9.17) is 0 Å². The zero-order valence-corrected chi connectivity index (χ0v) is 28.7. The van der Waals surface area contributed by atoms with Crippen molar-refractivity contribution in [2.75, 3.05) is 0 Å². The maximum atomic E-state index is 2.45. The Kier molecular flexibility index (Phi) is 5.77. The van der Waals surface area contributed by atoms with Crippen LogP contribution in [0.4, 0.5) is 0 Å². The first-order valence-electron chi connectivity index (χ1n) is 18.3. The summed E-state index contributed by atoms with van der Waals surface area (Å²) in [5, 5.41) is 12.7. The molecule has 3 nitrogen and oxygen atoms in total. The molecule has 0 fully saturated rings. The molecule has 0 aliphatic heterocycles. The predicted molar refractivity (Wildman–Crippen MR) is 224 cm³/mol. The Bertz CT molecular complexity index is 3400. The van der Waals surface area contributed by atoms with Crippen LogP contribution in [0.15, 0.2) is 188 Å². The highest BCUT2D eigenvalue weighted by Crippen LogP contribution is 2.43. The Hall–Kier alpha value is -7.10. The topological polar surface area (TPSA) is 14.8 Å². The van der Waals surface area contributed by atoms with Gasteiger partial charge in [0.25, 0.3) is 0 Å². The third-order valence-corrected chi connectivity index (χ3v) is 11.4. The summed E-state index contributed by atoms with van der Waals surface area (Å²) in [6, 6.07) is 68.9. The van der Waals surface area contributed by atoms with E-state index in [1.807, 2.05) is 0 Å². The van der Waals surface area contributed by atoms with Crippen LogP contribution in [0.25, 0.3) is 104 Å². The number of nitrogens with zero attached hydrogens (tertiary/aromatic N) is 3. The highest BCUT2D eigenvalue weighted by Gasteiger charge is 2.20. The van der Waals surface area contributed by atoms with Gasteiger partial charge in [-0.25, -0.2) is 0 Å². The Morgan fingerprint density at radius 3 is 1.30 bits per heavy atom. The van der Waals surface area contributed by atoms with E-state index in [0.717, 1.165) is 11.4 Å². The first kappa shape index (κ1) is 28.6. The number of aromatic nitrogens is 3. The average molecular weight is 674 g/mol. The van der Waals surface area contributed by atoms with Crippen LogP contribution in [0.3, 0.4) is 0 Å². The summed E-state index contributed by atoms with van der Waals surface area (Å²) < 4.78 is 7.29. The molecule has 0 aliphatic carbocycles. The molecule has 12 aromatic rings. The Morgan fingerprint density at radius 2 is 0.642 bits per heavy atom. The first-order valence-corrected chi connectivity index (χ1v) is 18.3. The summed E-state index contributed by atoms with van der Waals surface area (Å²) >= 11 is 0. The molecule has 0 atom stereocenters. The minimum absolute atomic E-state index is 1.14. The van der Waals surface area contributed by atoms with Crippen LogP contribution in [0.1, 0.15) is 0 Å². The lowest BCUT2D eigenvalue weighted by Gasteiger charge is -2.13. The van der Waals surface area contributed by atoms with E-state index in [2.05, 4.69) is 202 Å². The van der Waals surface area contributed by atoms with E-state index in [1.165, 1.54) is 92.6 Å². The number of fused-ring (bicyclic) bond motifs is 14. The summed E-state index contributed by atoms with van der Waals surface area (Å²) in [7, 11) is 0. The van der Waals surface area contributed by atoms with Gasteiger partial charge in [-0.3, -0.25) is 0 Å². The smallest absolute Gasteiger partial charge is 0.0619 e. The third-order valence-electron chi connectivity index (χ3n) is 11.4. The van der Waals surface area contributed by atoms with Crippen LogP contribution in [0.5, 0.6) is 0 Å². The normalized spacial score (nSPS) is 12.2. The summed E-state index contributed by atoms with van der Waals surface area (Å²) in [5.41, 5.74) is 10.8. The molecular formula is C50H31N3. The van der Waals surface area contributed by atoms with Gasteiger partial charge in [-0.15, -0.1) is 0 Å². The summed E-state index contributed by atoms with van der Waals surface area (Å²) in [4.78, 5) is 0. The SMILES string of the molecule is c1ccc(-n2c3ccccc3c3ccc4c5ccc6c(c5ccc4c32)c2ccccc2n6-c2cccc(-n3c4ccccc4c4ccccc43)c2)cc1. The summed E-state index contributed by atoms with van der Waals surface area (Å²) in [6.45, 7) is 0. The van der Waals surface area contributed by atoms with E-state index in [0.29, 0.717) is 0 Å². The van der Waals surface area contributed by atoms with Crippen molar-refractivity contribution in [1.82, 2.24) is 13.7 Å². The number of rotatable bonds is 3. The van der Waals surface area contributed by atoms with Gasteiger partial charge in [-0.05, 0) is 76.8 Å². The molecule has 3 heteroatoms. The molecule has 0 aliphatic rings. The molecule has 0 spiro atoms. The Labute approximate surface area is 304 Å². The van der Waals surface area contributed by atoms with Gasteiger partial charge < -0.3 is 13.7 Å². The predicted octanol–water partition coefficient (Wildman–Crippen LogP) is 13.3. The van der Waals surface area contributed by atoms with Crippen molar-refractivity contribution in [3.05, 3.63) is 188 Å². The van der Waals surface area contributed by atoms with Crippen molar-refractivity contribution in [2.24, 2.45) is 0 Å². The van der Waals surface area contributed by atoms with Gasteiger partial charge >= 0.3 is 0 Å². The summed E-state index contributed by atoms with van der Waals surface area (Å²) in [5.74, 6) is 0. The van der Waals surface area contributed by atoms with Crippen molar-refractivity contribution >= 4 is 87.0 Å². The lowest BCUT2D eigenvalue weighted by Crippen LogP contribution is -1.98. The molecule has 0 bridgehead atoms. The minimum Gasteiger partial charge on any atom is -0.309 e. The van der Waals surface area contributed by atoms with Crippen LogP contribution >= 0.6 is 0 Å². The third kappa shape index (κ3) is 3.88. The van der Waals surface area contributed by atoms with Gasteiger partial charge in [-0.2, -0.15) is 0 Å². The maximum Gasteiger partial charge on any atom is 0.0619 e. The molecule has 0 N–H and O–H groups in total. The quantitative estimate of drug-likeness (QED) is 0.166. The van der Waals surface area contributed by atoms with Gasteiger partial charge in [0.05, 0.1) is 33.1 Å². The molecule has 0 amide bonds. The zero-order chi connectivity index (χ0) is 34.6. The monoisotopic (exact) mass is 673 g/mol. The molecule has 0 radical (unpaired) electrons. The Balaban J connectivity index is 1.13. The van der Waals surface area contributed by atoms with E-state index in [1.54, 1.807) is 0 Å².